The van der Waals surface area contributed by atoms with Gasteiger partial charge in [0, 0.05) is 0 Å². The SMILES string of the molecule is C=C(C)NC1[C@@H](C)[C@@H]1[I-]C. The predicted molar refractivity (Wildman–Crippen MR) is 40.6 cm³/mol. The van der Waals surface area contributed by atoms with E-state index in [0.29, 0.717) is 21.2 Å². The minimum atomic E-state index is 0.443. The molecule has 0 bridgehead atoms. The second-order valence-electron chi connectivity index (χ2n) is 2.97. The fourth-order valence-corrected chi connectivity index (χ4v) is 4.20. The van der Waals surface area contributed by atoms with E-state index in [1.54, 1.807) is 0 Å². The number of alkyl halides is 2. The average molecular weight is 252 g/mol. The first kappa shape index (κ1) is 8.37. The van der Waals surface area contributed by atoms with Crippen molar-refractivity contribution < 1.29 is 21.2 Å². The van der Waals surface area contributed by atoms with Gasteiger partial charge in [-0.25, -0.2) is 0 Å². The molecule has 2 heteroatoms. The van der Waals surface area contributed by atoms with Gasteiger partial charge in [-0.3, -0.25) is 0 Å². The van der Waals surface area contributed by atoms with Gasteiger partial charge in [0.1, 0.15) is 0 Å². The second-order valence-corrected chi connectivity index (χ2v) is 5.66. The Labute approximate surface area is 73.5 Å². The van der Waals surface area contributed by atoms with Crippen molar-refractivity contribution in [1.82, 2.24) is 5.32 Å². The zero-order valence-corrected chi connectivity index (χ0v) is 8.97. The predicted octanol–water partition coefficient (Wildman–Crippen LogP) is -1.78. The number of halogens is 1. The van der Waals surface area contributed by atoms with Crippen LogP contribution in [0.25, 0.3) is 0 Å². The maximum atomic E-state index is 3.84. The first-order chi connectivity index (χ1) is 4.66. The van der Waals surface area contributed by atoms with E-state index in [1.807, 2.05) is 6.92 Å². The van der Waals surface area contributed by atoms with Crippen molar-refractivity contribution in [2.45, 2.75) is 23.8 Å². The Hall–Kier alpha value is 0.270. The molecule has 1 unspecified atom stereocenters. The van der Waals surface area contributed by atoms with Crippen molar-refractivity contribution in [1.29, 1.82) is 0 Å². The fourth-order valence-electron chi connectivity index (χ4n) is 1.24. The molecule has 1 fully saturated rings. The number of hydrogen-bond acceptors (Lipinski definition) is 1. The van der Waals surface area contributed by atoms with E-state index in [9.17, 15) is 0 Å². The molecular formula is C8H15IN-. The summed E-state index contributed by atoms with van der Waals surface area (Å²) in [5.74, 6) is 0.912. The third kappa shape index (κ3) is 1.65. The Bertz CT molecular complexity index is 144. The Balaban J connectivity index is 2.27. The molecule has 0 aromatic heterocycles. The minimum absolute atomic E-state index is 0.443. The summed E-state index contributed by atoms with van der Waals surface area (Å²) in [6.07, 6.45) is 0. The standard InChI is InChI=1S/C8H15IN/c1-5(2)10-8-6(3)7(8)9-4/h6-8,10H,1H2,2-4H3/q-1/t6-,7-,8?/m0/s1. The van der Waals surface area contributed by atoms with Crippen LogP contribution in [0.15, 0.2) is 12.3 Å². The van der Waals surface area contributed by atoms with Crippen molar-refractivity contribution in [2.75, 3.05) is 4.93 Å². The zero-order chi connectivity index (χ0) is 7.72. The van der Waals surface area contributed by atoms with E-state index < -0.39 is 0 Å². The summed E-state index contributed by atoms with van der Waals surface area (Å²) in [6, 6.07) is 0.773. The van der Waals surface area contributed by atoms with Crippen LogP contribution in [0.4, 0.5) is 0 Å². The van der Waals surface area contributed by atoms with E-state index >= 15 is 0 Å². The Morgan fingerprint density at radius 3 is 2.50 bits per heavy atom. The van der Waals surface area contributed by atoms with Crippen LogP contribution in [-0.2, 0) is 0 Å². The molecular weight excluding hydrogens is 237 g/mol. The van der Waals surface area contributed by atoms with Gasteiger partial charge in [0.15, 0.2) is 0 Å². The van der Waals surface area contributed by atoms with Gasteiger partial charge < -0.3 is 0 Å². The van der Waals surface area contributed by atoms with Gasteiger partial charge in [-0.15, -0.1) is 0 Å². The molecule has 0 heterocycles. The molecule has 0 amide bonds. The average Bonchev–Trinajstić information content (AvgIpc) is 2.41. The molecule has 0 saturated heterocycles. The summed E-state index contributed by atoms with van der Waals surface area (Å²) in [6.45, 7) is 8.21. The molecule has 1 nitrogen and oxygen atoms in total. The summed E-state index contributed by atoms with van der Waals surface area (Å²) < 4.78 is 1.01. The molecule has 1 N–H and O–H groups in total. The Morgan fingerprint density at radius 2 is 2.20 bits per heavy atom. The monoisotopic (exact) mass is 252 g/mol. The fraction of sp³-hybridized carbons (Fsp3) is 0.750. The van der Waals surface area contributed by atoms with Gasteiger partial charge >= 0.3 is 73.5 Å². The molecule has 0 aliphatic heterocycles. The molecule has 1 aliphatic rings. The van der Waals surface area contributed by atoms with Gasteiger partial charge in [-0.2, -0.15) is 0 Å². The number of nitrogens with one attached hydrogen (secondary N) is 1. The van der Waals surface area contributed by atoms with Crippen LogP contribution < -0.4 is 26.5 Å². The summed E-state index contributed by atoms with van der Waals surface area (Å²) in [7, 11) is 0. The normalized spacial score (nSPS) is 37.7. The van der Waals surface area contributed by atoms with Crippen LogP contribution in [0, 0.1) is 5.92 Å². The van der Waals surface area contributed by atoms with Crippen molar-refractivity contribution in [3.05, 3.63) is 12.3 Å². The van der Waals surface area contributed by atoms with E-state index in [1.165, 1.54) is 0 Å². The van der Waals surface area contributed by atoms with Crippen molar-refractivity contribution >= 4 is 0 Å². The van der Waals surface area contributed by atoms with Gasteiger partial charge in [-0.1, -0.05) is 0 Å². The number of hydrogen-bond donors (Lipinski definition) is 1. The molecule has 1 rings (SSSR count). The third-order valence-corrected chi connectivity index (χ3v) is 5.28. The van der Waals surface area contributed by atoms with Crippen LogP contribution >= 0.6 is 0 Å². The molecule has 60 valence electrons. The first-order valence-electron chi connectivity index (χ1n) is 3.57. The van der Waals surface area contributed by atoms with Gasteiger partial charge in [0.05, 0.1) is 0 Å². The molecule has 0 radical (unpaired) electrons. The summed E-state index contributed by atoms with van der Waals surface area (Å²) >= 11 is 0.443. The van der Waals surface area contributed by atoms with Crippen LogP contribution in [0.3, 0.4) is 0 Å². The number of allylic oxidation sites excluding steroid dienone is 1. The van der Waals surface area contributed by atoms with Crippen LogP contribution in [0.5, 0.6) is 0 Å². The second kappa shape index (κ2) is 3.11. The summed E-state index contributed by atoms with van der Waals surface area (Å²) in [5, 5.41) is 3.40. The molecule has 1 aliphatic carbocycles. The summed E-state index contributed by atoms with van der Waals surface area (Å²) in [4.78, 5) is 2.36. The number of rotatable bonds is 3. The Kier molecular flexibility index (Phi) is 2.61. The van der Waals surface area contributed by atoms with E-state index in [0.717, 1.165) is 21.6 Å². The van der Waals surface area contributed by atoms with Crippen LogP contribution in [0.1, 0.15) is 13.8 Å². The van der Waals surface area contributed by atoms with Gasteiger partial charge in [0.25, 0.3) is 0 Å². The summed E-state index contributed by atoms with van der Waals surface area (Å²) in [5.41, 5.74) is 1.12. The molecule has 0 aromatic rings. The van der Waals surface area contributed by atoms with Crippen molar-refractivity contribution in [3.63, 3.8) is 0 Å². The van der Waals surface area contributed by atoms with Gasteiger partial charge in [-0.05, 0) is 0 Å². The first-order valence-corrected chi connectivity index (χ1v) is 6.97. The van der Waals surface area contributed by atoms with E-state index in [2.05, 4.69) is 23.7 Å². The van der Waals surface area contributed by atoms with Gasteiger partial charge in [0.2, 0.25) is 0 Å². The van der Waals surface area contributed by atoms with Crippen molar-refractivity contribution in [3.8, 4) is 0 Å². The maximum absolute atomic E-state index is 3.84. The van der Waals surface area contributed by atoms with Crippen LogP contribution in [-0.4, -0.2) is 14.9 Å². The van der Waals surface area contributed by atoms with E-state index in [4.69, 9.17) is 0 Å². The Morgan fingerprint density at radius 1 is 1.60 bits per heavy atom. The quantitative estimate of drug-likeness (QED) is 0.462. The van der Waals surface area contributed by atoms with E-state index in [-0.39, 0.29) is 0 Å². The molecule has 10 heavy (non-hydrogen) atoms. The van der Waals surface area contributed by atoms with Crippen molar-refractivity contribution in [2.24, 2.45) is 5.92 Å². The van der Waals surface area contributed by atoms with Crippen LogP contribution in [0.2, 0.25) is 0 Å². The molecule has 0 aromatic carbocycles. The third-order valence-electron chi connectivity index (χ3n) is 1.94. The molecule has 0 spiro atoms. The topological polar surface area (TPSA) is 12.0 Å². The molecule has 1 saturated carbocycles. The molecule has 3 atom stereocenters. The zero-order valence-electron chi connectivity index (χ0n) is 6.82.